The molecule has 0 amide bonds. The van der Waals surface area contributed by atoms with Gasteiger partial charge in [-0.1, -0.05) is 12.1 Å². The summed E-state index contributed by atoms with van der Waals surface area (Å²) >= 11 is 0. The van der Waals surface area contributed by atoms with E-state index in [-0.39, 0.29) is 10.1 Å². The molecule has 0 spiro atoms. The van der Waals surface area contributed by atoms with E-state index >= 15 is 0 Å². The van der Waals surface area contributed by atoms with Crippen LogP contribution in [0.5, 0.6) is 0 Å². The van der Waals surface area contributed by atoms with Gasteiger partial charge in [0, 0.05) is 29.8 Å². The maximum absolute atomic E-state index is 12.6. The number of rotatable bonds is 5. The van der Waals surface area contributed by atoms with Crippen molar-refractivity contribution in [2.45, 2.75) is 29.1 Å². The van der Waals surface area contributed by atoms with Crippen LogP contribution in [0.15, 0.2) is 58.8 Å². The number of aromatic nitrogens is 3. The maximum atomic E-state index is 12.6. The van der Waals surface area contributed by atoms with Crippen LogP contribution in [0.4, 0.5) is 0 Å². The Morgan fingerprint density at radius 1 is 0.889 bits per heavy atom. The van der Waals surface area contributed by atoms with Crippen molar-refractivity contribution < 1.29 is 16.8 Å². The van der Waals surface area contributed by atoms with Crippen LogP contribution in [-0.4, -0.2) is 43.3 Å². The van der Waals surface area contributed by atoms with Gasteiger partial charge in [-0.15, -0.1) is 0 Å². The summed E-state index contributed by atoms with van der Waals surface area (Å²) in [5, 5.41) is -0.749. The average Bonchev–Trinajstić information content (AvgIpc) is 3.08. The molecule has 7 nitrogen and oxygen atoms in total. The van der Waals surface area contributed by atoms with Crippen molar-refractivity contribution in [3.8, 4) is 22.5 Å². The SMILES string of the molecule is CC(C)S(=O)(=O)c1nc(-c2ccc(S(C)(=O)=O)cc2)c(-c2ccncc2)[nH]1. The number of pyridine rings is 1. The van der Waals surface area contributed by atoms with Crippen molar-refractivity contribution in [3.05, 3.63) is 48.8 Å². The third kappa shape index (κ3) is 3.79. The first-order valence-electron chi connectivity index (χ1n) is 8.15. The van der Waals surface area contributed by atoms with Crippen molar-refractivity contribution >= 4 is 19.7 Å². The Kier molecular flexibility index (Phi) is 4.92. The molecule has 9 heteroatoms. The number of hydrogen-bond donors (Lipinski definition) is 1. The molecule has 0 bridgehead atoms. The second-order valence-electron chi connectivity index (χ2n) is 6.39. The second-order valence-corrected chi connectivity index (χ2v) is 10.8. The number of nitrogens with one attached hydrogen (secondary N) is 1. The highest BCUT2D eigenvalue weighted by Gasteiger charge is 2.26. The molecular weight excluding hydrogens is 386 g/mol. The van der Waals surface area contributed by atoms with Gasteiger partial charge in [-0.25, -0.2) is 21.8 Å². The Bertz CT molecular complexity index is 1170. The van der Waals surface area contributed by atoms with Crippen LogP contribution in [0, 0.1) is 0 Å². The van der Waals surface area contributed by atoms with Crippen LogP contribution < -0.4 is 0 Å². The zero-order chi connectivity index (χ0) is 19.8. The first-order valence-corrected chi connectivity index (χ1v) is 11.6. The highest BCUT2D eigenvalue weighted by Crippen LogP contribution is 2.32. The van der Waals surface area contributed by atoms with Crippen LogP contribution >= 0.6 is 0 Å². The van der Waals surface area contributed by atoms with E-state index in [9.17, 15) is 16.8 Å². The molecule has 0 saturated carbocycles. The number of hydrogen-bond acceptors (Lipinski definition) is 6. The highest BCUT2D eigenvalue weighted by molar-refractivity contribution is 7.91. The lowest BCUT2D eigenvalue weighted by atomic mass is 10.1. The number of benzene rings is 1. The third-order valence-corrected chi connectivity index (χ3v) is 7.20. The Morgan fingerprint density at radius 3 is 2.00 bits per heavy atom. The molecule has 0 fully saturated rings. The van der Waals surface area contributed by atoms with E-state index in [1.54, 1.807) is 50.5 Å². The average molecular weight is 406 g/mol. The molecular formula is C18H19N3O4S2. The Labute approximate surface area is 158 Å². The first kappa shape index (κ1) is 19.2. The molecule has 0 atom stereocenters. The quantitative estimate of drug-likeness (QED) is 0.699. The summed E-state index contributed by atoms with van der Waals surface area (Å²) in [6.45, 7) is 3.18. The van der Waals surface area contributed by atoms with Crippen molar-refractivity contribution in [2.24, 2.45) is 0 Å². The lowest BCUT2D eigenvalue weighted by Gasteiger charge is -2.04. The molecule has 1 N–H and O–H groups in total. The number of aromatic amines is 1. The molecule has 0 saturated heterocycles. The van der Waals surface area contributed by atoms with E-state index < -0.39 is 24.9 Å². The van der Waals surface area contributed by atoms with Crippen LogP contribution in [0.1, 0.15) is 13.8 Å². The highest BCUT2D eigenvalue weighted by atomic mass is 32.2. The van der Waals surface area contributed by atoms with Gasteiger partial charge in [-0.05, 0) is 38.1 Å². The standard InChI is InChI=1S/C18H19N3O4S2/c1-12(2)27(24,25)18-20-16(17(21-18)14-8-10-19-11-9-14)13-4-6-15(7-5-13)26(3,22)23/h4-12H,1-3H3,(H,20,21). The van der Waals surface area contributed by atoms with E-state index in [1.165, 1.54) is 12.1 Å². The molecule has 27 heavy (non-hydrogen) atoms. The first-order chi connectivity index (χ1) is 12.6. The summed E-state index contributed by atoms with van der Waals surface area (Å²) in [4.78, 5) is 11.4. The fourth-order valence-corrected chi connectivity index (χ4v) is 4.05. The second kappa shape index (κ2) is 6.90. The predicted octanol–water partition coefficient (Wildman–Crippen LogP) is 2.72. The summed E-state index contributed by atoms with van der Waals surface area (Å²) in [5.41, 5.74) is 2.30. The molecule has 0 radical (unpaired) electrons. The molecule has 0 unspecified atom stereocenters. The molecule has 142 valence electrons. The van der Waals surface area contributed by atoms with E-state index in [2.05, 4.69) is 15.0 Å². The zero-order valence-electron chi connectivity index (χ0n) is 15.0. The van der Waals surface area contributed by atoms with Crippen LogP contribution in [0.2, 0.25) is 0 Å². The van der Waals surface area contributed by atoms with Gasteiger partial charge in [0.25, 0.3) is 0 Å². The molecule has 3 aromatic rings. The van der Waals surface area contributed by atoms with E-state index in [4.69, 9.17) is 0 Å². The van der Waals surface area contributed by atoms with Crippen molar-refractivity contribution in [1.29, 1.82) is 0 Å². The van der Waals surface area contributed by atoms with Crippen LogP contribution in [0.25, 0.3) is 22.5 Å². The number of nitrogens with zero attached hydrogens (tertiary/aromatic N) is 2. The third-order valence-electron chi connectivity index (χ3n) is 4.10. The minimum absolute atomic E-state index is 0.119. The molecule has 0 aliphatic heterocycles. The minimum Gasteiger partial charge on any atom is -0.328 e. The van der Waals surface area contributed by atoms with Gasteiger partial charge in [-0.2, -0.15) is 0 Å². The van der Waals surface area contributed by atoms with Gasteiger partial charge in [0.1, 0.15) is 0 Å². The summed E-state index contributed by atoms with van der Waals surface area (Å²) in [7, 11) is -6.93. The van der Waals surface area contributed by atoms with Crippen LogP contribution in [-0.2, 0) is 19.7 Å². The van der Waals surface area contributed by atoms with E-state index in [1.807, 2.05) is 0 Å². The van der Waals surface area contributed by atoms with Gasteiger partial charge in [0.05, 0.1) is 21.5 Å². The summed E-state index contributed by atoms with van der Waals surface area (Å²) in [6.07, 6.45) is 4.33. The van der Waals surface area contributed by atoms with Crippen molar-refractivity contribution in [1.82, 2.24) is 15.0 Å². The van der Waals surface area contributed by atoms with Crippen LogP contribution in [0.3, 0.4) is 0 Å². The number of imidazole rings is 1. The number of H-pyrrole nitrogens is 1. The summed E-state index contributed by atoms with van der Waals surface area (Å²) < 4.78 is 48.5. The lowest BCUT2D eigenvalue weighted by molar-refractivity contribution is 0.580. The van der Waals surface area contributed by atoms with Crippen molar-refractivity contribution in [3.63, 3.8) is 0 Å². The monoisotopic (exact) mass is 405 g/mol. The van der Waals surface area contributed by atoms with Gasteiger partial charge in [0.15, 0.2) is 9.84 Å². The molecule has 0 aliphatic carbocycles. The fourth-order valence-electron chi connectivity index (χ4n) is 2.51. The van der Waals surface area contributed by atoms with E-state index in [0.717, 1.165) is 11.8 Å². The smallest absolute Gasteiger partial charge is 0.226 e. The Hall–Kier alpha value is -2.52. The molecule has 3 rings (SSSR count). The van der Waals surface area contributed by atoms with Crippen molar-refractivity contribution in [2.75, 3.05) is 6.26 Å². The molecule has 1 aromatic carbocycles. The summed E-state index contributed by atoms with van der Waals surface area (Å²) in [6, 6.07) is 9.67. The molecule has 0 aliphatic rings. The summed E-state index contributed by atoms with van der Waals surface area (Å²) in [5.74, 6) is 0. The molecule has 2 heterocycles. The Morgan fingerprint density at radius 2 is 1.48 bits per heavy atom. The lowest BCUT2D eigenvalue weighted by Crippen LogP contribution is -2.15. The molecule has 2 aromatic heterocycles. The maximum Gasteiger partial charge on any atom is 0.226 e. The largest absolute Gasteiger partial charge is 0.328 e. The topological polar surface area (TPSA) is 110 Å². The minimum atomic E-state index is -3.60. The Balaban J connectivity index is 2.21. The van der Waals surface area contributed by atoms with Gasteiger partial charge in [0.2, 0.25) is 15.0 Å². The van der Waals surface area contributed by atoms with Gasteiger partial charge >= 0.3 is 0 Å². The zero-order valence-corrected chi connectivity index (χ0v) is 16.7. The van der Waals surface area contributed by atoms with E-state index in [0.29, 0.717) is 17.0 Å². The number of sulfone groups is 2. The normalized spacial score (nSPS) is 12.4. The predicted molar refractivity (Wildman–Crippen MR) is 103 cm³/mol. The van der Waals surface area contributed by atoms with Gasteiger partial charge in [-0.3, -0.25) is 4.98 Å². The van der Waals surface area contributed by atoms with Gasteiger partial charge < -0.3 is 4.98 Å². The fraction of sp³-hybridized carbons (Fsp3) is 0.222.